The highest BCUT2D eigenvalue weighted by Crippen LogP contribution is 2.35. The highest BCUT2D eigenvalue weighted by molar-refractivity contribution is 7.21. The number of rotatable bonds is 1. The topological polar surface area (TPSA) is 49.4 Å². The summed E-state index contributed by atoms with van der Waals surface area (Å²) in [6.07, 6.45) is 0.342. The van der Waals surface area contributed by atoms with Gasteiger partial charge in [-0.1, -0.05) is 29.8 Å². The van der Waals surface area contributed by atoms with Gasteiger partial charge in [0.15, 0.2) is 0 Å². The van der Waals surface area contributed by atoms with E-state index in [1.165, 1.54) is 11.3 Å². The minimum atomic E-state index is -0.0901. The van der Waals surface area contributed by atoms with Crippen LogP contribution in [0, 0.1) is 0 Å². The van der Waals surface area contributed by atoms with Crippen LogP contribution in [-0.4, -0.2) is 36.3 Å². The number of carbonyl (C=O) groups excluding carboxylic acids is 2. The molecule has 0 spiro atoms. The second-order valence-corrected chi connectivity index (χ2v) is 6.06. The van der Waals surface area contributed by atoms with Gasteiger partial charge in [0.1, 0.15) is 4.88 Å². The molecule has 0 aliphatic carbocycles. The molecular weight excluding hydrogens is 296 g/mol. The molecule has 1 N–H and O–H groups in total. The summed E-state index contributed by atoms with van der Waals surface area (Å²) in [6, 6.07) is 7.70. The molecule has 4 nitrogen and oxygen atoms in total. The molecule has 1 aromatic heterocycles. The van der Waals surface area contributed by atoms with Gasteiger partial charge in [-0.25, -0.2) is 0 Å². The van der Waals surface area contributed by atoms with Crippen LogP contribution in [0.15, 0.2) is 24.3 Å². The number of halogens is 1. The number of nitrogens with zero attached hydrogens (tertiary/aromatic N) is 1. The molecule has 0 atom stereocenters. The Morgan fingerprint density at radius 3 is 2.90 bits per heavy atom. The molecule has 2 amide bonds. The minimum Gasteiger partial charge on any atom is -0.354 e. The number of thiophene rings is 1. The summed E-state index contributed by atoms with van der Waals surface area (Å²) in [7, 11) is 0. The highest BCUT2D eigenvalue weighted by atomic mass is 35.5. The zero-order valence-corrected chi connectivity index (χ0v) is 12.3. The van der Waals surface area contributed by atoms with E-state index in [2.05, 4.69) is 5.32 Å². The lowest BCUT2D eigenvalue weighted by atomic mass is 10.2. The molecule has 0 radical (unpaired) electrons. The smallest absolute Gasteiger partial charge is 0.265 e. The van der Waals surface area contributed by atoms with E-state index in [0.717, 1.165) is 10.1 Å². The molecule has 104 valence electrons. The van der Waals surface area contributed by atoms with E-state index < -0.39 is 0 Å². The molecule has 0 saturated carbocycles. The van der Waals surface area contributed by atoms with Crippen LogP contribution in [0.2, 0.25) is 5.02 Å². The average molecular weight is 309 g/mol. The Bertz CT molecular complexity index is 683. The lowest BCUT2D eigenvalue weighted by Crippen LogP contribution is -2.33. The summed E-state index contributed by atoms with van der Waals surface area (Å²) in [6.45, 7) is 1.46. The maximum Gasteiger partial charge on any atom is 0.265 e. The first-order valence-corrected chi connectivity index (χ1v) is 7.59. The van der Waals surface area contributed by atoms with Gasteiger partial charge in [-0.3, -0.25) is 9.59 Å². The quantitative estimate of drug-likeness (QED) is 0.880. The van der Waals surface area contributed by atoms with Gasteiger partial charge in [0.05, 0.1) is 5.02 Å². The molecule has 0 bridgehead atoms. The Labute approximate surface area is 125 Å². The average Bonchev–Trinajstić information content (AvgIpc) is 2.64. The summed E-state index contributed by atoms with van der Waals surface area (Å²) in [5, 5.41) is 4.18. The first-order valence-electron chi connectivity index (χ1n) is 6.40. The van der Waals surface area contributed by atoms with Crippen LogP contribution in [0.25, 0.3) is 10.1 Å². The third kappa shape index (κ3) is 2.39. The van der Waals surface area contributed by atoms with E-state index in [1.54, 1.807) is 4.90 Å². The SMILES string of the molecule is O=C1CCN(C(=O)c2sc3ccccc3c2Cl)CCN1. The number of hydrogen-bond donors (Lipinski definition) is 1. The first-order chi connectivity index (χ1) is 9.66. The Hall–Kier alpha value is -1.59. The predicted octanol–water partition coefficient (Wildman–Crippen LogP) is 2.52. The number of amides is 2. The summed E-state index contributed by atoms with van der Waals surface area (Å²) in [5.41, 5.74) is 0. The van der Waals surface area contributed by atoms with Crippen molar-refractivity contribution in [2.24, 2.45) is 0 Å². The number of carbonyl (C=O) groups is 2. The van der Waals surface area contributed by atoms with E-state index in [0.29, 0.717) is 36.0 Å². The monoisotopic (exact) mass is 308 g/mol. The third-order valence-electron chi connectivity index (χ3n) is 3.33. The Balaban J connectivity index is 1.92. The Morgan fingerprint density at radius 2 is 2.10 bits per heavy atom. The van der Waals surface area contributed by atoms with Crippen molar-refractivity contribution in [2.75, 3.05) is 19.6 Å². The van der Waals surface area contributed by atoms with Gasteiger partial charge >= 0.3 is 0 Å². The number of nitrogens with one attached hydrogen (secondary N) is 1. The minimum absolute atomic E-state index is 0.0114. The fraction of sp³-hybridized carbons (Fsp3) is 0.286. The zero-order chi connectivity index (χ0) is 14.1. The second kappa shape index (κ2) is 5.42. The van der Waals surface area contributed by atoms with Crippen molar-refractivity contribution in [1.82, 2.24) is 10.2 Å². The van der Waals surface area contributed by atoms with Crippen molar-refractivity contribution < 1.29 is 9.59 Å². The standard InChI is InChI=1S/C14H13ClN2O2S/c15-12-9-3-1-2-4-10(9)20-13(12)14(19)17-7-5-11(18)16-6-8-17/h1-4H,5-8H2,(H,16,18). The number of fused-ring (bicyclic) bond motifs is 1. The fourth-order valence-electron chi connectivity index (χ4n) is 2.27. The molecule has 1 aliphatic rings. The van der Waals surface area contributed by atoms with Crippen LogP contribution in [-0.2, 0) is 4.79 Å². The largest absolute Gasteiger partial charge is 0.354 e. The summed E-state index contributed by atoms with van der Waals surface area (Å²) in [5.74, 6) is -0.101. The van der Waals surface area contributed by atoms with Crippen LogP contribution >= 0.6 is 22.9 Å². The van der Waals surface area contributed by atoms with Crippen molar-refractivity contribution in [3.63, 3.8) is 0 Å². The van der Waals surface area contributed by atoms with Gasteiger partial charge in [-0.15, -0.1) is 11.3 Å². The van der Waals surface area contributed by atoms with Crippen LogP contribution < -0.4 is 5.32 Å². The van der Waals surface area contributed by atoms with Crippen LogP contribution in [0.3, 0.4) is 0 Å². The molecule has 2 heterocycles. The fourth-order valence-corrected chi connectivity index (χ4v) is 3.75. The van der Waals surface area contributed by atoms with Crippen molar-refractivity contribution in [3.8, 4) is 0 Å². The van der Waals surface area contributed by atoms with Gasteiger partial charge in [-0.2, -0.15) is 0 Å². The molecule has 20 heavy (non-hydrogen) atoms. The summed E-state index contributed by atoms with van der Waals surface area (Å²) >= 11 is 7.73. The van der Waals surface area contributed by atoms with Gasteiger partial charge in [0.25, 0.3) is 5.91 Å². The number of hydrogen-bond acceptors (Lipinski definition) is 3. The van der Waals surface area contributed by atoms with E-state index in [1.807, 2.05) is 24.3 Å². The van der Waals surface area contributed by atoms with E-state index in [-0.39, 0.29) is 11.8 Å². The van der Waals surface area contributed by atoms with Crippen molar-refractivity contribution in [2.45, 2.75) is 6.42 Å². The van der Waals surface area contributed by atoms with Gasteiger partial charge in [0.2, 0.25) is 5.91 Å². The molecule has 1 fully saturated rings. The summed E-state index contributed by atoms with van der Waals surface area (Å²) < 4.78 is 1.00. The summed E-state index contributed by atoms with van der Waals surface area (Å²) in [4.78, 5) is 26.1. The number of benzene rings is 1. The molecule has 0 unspecified atom stereocenters. The lowest BCUT2D eigenvalue weighted by Gasteiger charge is -2.18. The van der Waals surface area contributed by atoms with Crippen LogP contribution in [0.5, 0.6) is 0 Å². The van der Waals surface area contributed by atoms with Gasteiger partial charge in [-0.05, 0) is 6.07 Å². The normalized spacial score (nSPS) is 16.1. The molecule has 1 aromatic carbocycles. The molecule has 6 heteroatoms. The molecule has 3 rings (SSSR count). The predicted molar refractivity (Wildman–Crippen MR) is 80.4 cm³/mol. The second-order valence-electron chi connectivity index (χ2n) is 4.63. The van der Waals surface area contributed by atoms with Crippen molar-refractivity contribution >= 4 is 44.8 Å². The molecular formula is C14H13ClN2O2S. The zero-order valence-electron chi connectivity index (χ0n) is 10.7. The Kier molecular flexibility index (Phi) is 3.63. The maximum absolute atomic E-state index is 12.6. The lowest BCUT2D eigenvalue weighted by molar-refractivity contribution is -0.120. The molecule has 1 aliphatic heterocycles. The van der Waals surface area contributed by atoms with Gasteiger partial charge < -0.3 is 10.2 Å². The van der Waals surface area contributed by atoms with Crippen LogP contribution in [0.4, 0.5) is 0 Å². The maximum atomic E-state index is 12.6. The van der Waals surface area contributed by atoms with E-state index in [9.17, 15) is 9.59 Å². The van der Waals surface area contributed by atoms with Crippen molar-refractivity contribution in [3.05, 3.63) is 34.2 Å². The van der Waals surface area contributed by atoms with E-state index in [4.69, 9.17) is 11.6 Å². The highest BCUT2D eigenvalue weighted by Gasteiger charge is 2.24. The van der Waals surface area contributed by atoms with E-state index >= 15 is 0 Å². The van der Waals surface area contributed by atoms with Crippen molar-refractivity contribution in [1.29, 1.82) is 0 Å². The molecule has 2 aromatic rings. The Morgan fingerprint density at radius 1 is 1.30 bits per heavy atom. The van der Waals surface area contributed by atoms with Gasteiger partial charge in [0, 0.05) is 36.1 Å². The first kappa shape index (κ1) is 13.4. The van der Waals surface area contributed by atoms with Crippen LogP contribution in [0.1, 0.15) is 16.1 Å². The molecule has 1 saturated heterocycles. The third-order valence-corrected chi connectivity index (χ3v) is 4.99.